The monoisotopic (exact) mass is 259 g/mol. The number of methoxy groups -OCH3 is 1. The maximum absolute atomic E-state index is 11.6. The Kier molecular flexibility index (Phi) is 8.40. The van der Waals surface area contributed by atoms with E-state index in [1.165, 1.54) is 0 Å². The second-order valence-electron chi connectivity index (χ2n) is 5.44. The first kappa shape index (κ1) is 17.6. The fourth-order valence-electron chi connectivity index (χ4n) is 1.70. The Morgan fingerprint density at radius 1 is 1.17 bits per heavy atom. The molecule has 0 saturated carbocycles. The Morgan fingerprint density at radius 2 is 1.72 bits per heavy atom. The summed E-state index contributed by atoms with van der Waals surface area (Å²) in [5.41, 5.74) is 0. The molecule has 0 rings (SSSR count). The van der Waals surface area contributed by atoms with Crippen LogP contribution in [-0.2, 0) is 14.3 Å². The van der Waals surface area contributed by atoms with E-state index in [9.17, 15) is 4.79 Å². The summed E-state index contributed by atoms with van der Waals surface area (Å²) in [6.07, 6.45) is 0.554. The number of carbonyl (C=O) groups excluding carboxylic acids is 1. The minimum absolute atomic E-state index is 0.0357. The highest BCUT2D eigenvalue weighted by molar-refractivity contribution is 5.80. The number of hydrogen-bond acceptors (Lipinski definition) is 4. The summed E-state index contributed by atoms with van der Waals surface area (Å²) in [5, 5.41) is 0. The predicted octanol–water partition coefficient (Wildman–Crippen LogP) is 1.97. The molecule has 0 aliphatic rings. The van der Waals surface area contributed by atoms with E-state index in [0.29, 0.717) is 13.0 Å². The Labute approximate surface area is 112 Å². The summed E-state index contributed by atoms with van der Waals surface area (Å²) in [6.45, 7) is 8.40. The molecule has 18 heavy (non-hydrogen) atoms. The normalized spacial score (nSPS) is 16.9. The minimum Gasteiger partial charge on any atom is -0.380 e. The average Bonchev–Trinajstić information content (AvgIpc) is 2.27. The summed E-state index contributed by atoms with van der Waals surface area (Å²) in [5.74, 6) is 0.335. The molecular formula is C14H29NO3. The Bertz CT molecular complexity index is 241. The summed E-state index contributed by atoms with van der Waals surface area (Å²) in [4.78, 5) is 13.7. The summed E-state index contributed by atoms with van der Waals surface area (Å²) in [6, 6.07) is 0.201. The molecule has 0 bridgehead atoms. The molecule has 0 heterocycles. The molecule has 4 nitrogen and oxygen atoms in total. The molecule has 3 unspecified atom stereocenters. The van der Waals surface area contributed by atoms with Crippen LogP contribution in [0, 0.1) is 5.92 Å². The summed E-state index contributed by atoms with van der Waals surface area (Å²) < 4.78 is 11.1. The number of rotatable bonds is 9. The smallest absolute Gasteiger partial charge is 0.137 e. The van der Waals surface area contributed by atoms with Crippen LogP contribution >= 0.6 is 0 Å². The second-order valence-corrected chi connectivity index (χ2v) is 5.44. The molecular weight excluding hydrogens is 230 g/mol. The molecule has 3 atom stereocenters. The third kappa shape index (κ3) is 6.47. The van der Waals surface area contributed by atoms with Gasteiger partial charge < -0.3 is 14.4 Å². The molecule has 0 saturated heterocycles. The number of Topliss-reactive ketones (excluding diaryl/α,β-unsaturated/α-hetero) is 1. The van der Waals surface area contributed by atoms with Crippen LogP contribution in [0.2, 0.25) is 0 Å². The topological polar surface area (TPSA) is 38.8 Å². The van der Waals surface area contributed by atoms with Crippen molar-refractivity contribution in [3.8, 4) is 0 Å². The van der Waals surface area contributed by atoms with E-state index in [0.717, 1.165) is 0 Å². The van der Waals surface area contributed by atoms with E-state index in [2.05, 4.69) is 4.90 Å². The largest absolute Gasteiger partial charge is 0.380 e. The third-order valence-electron chi connectivity index (χ3n) is 3.26. The first-order valence-corrected chi connectivity index (χ1v) is 6.63. The van der Waals surface area contributed by atoms with E-state index >= 15 is 0 Å². The quantitative estimate of drug-likeness (QED) is 0.634. The zero-order valence-electron chi connectivity index (χ0n) is 12.9. The molecule has 0 amide bonds. The van der Waals surface area contributed by atoms with Gasteiger partial charge in [-0.1, -0.05) is 13.8 Å². The number of ether oxygens (including phenoxy) is 2. The first-order valence-electron chi connectivity index (χ1n) is 6.63. The van der Waals surface area contributed by atoms with Gasteiger partial charge in [-0.2, -0.15) is 0 Å². The molecule has 0 fully saturated rings. The maximum atomic E-state index is 11.6. The summed E-state index contributed by atoms with van der Waals surface area (Å²) in [7, 11) is 5.72. The lowest BCUT2D eigenvalue weighted by atomic mass is 10.0. The molecule has 4 heteroatoms. The highest BCUT2D eigenvalue weighted by Crippen LogP contribution is 2.09. The number of nitrogens with zero attached hydrogens (tertiary/aromatic N) is 1. The van der Waals surface area contributed by atoms with Crippen molar-refractivity contribution in [3.05, 3.63) is 0 Å². The van der Waals surface area contributed by atoms with Crippen molar-refractivity contribution >= 4 is 5.78 Å². The SMILES string of the molecule is COC(C)C(COC(C)CC(=O)C(C)C)N(C)C. The zero-order chi connectivity index (χ0) is 14.3. The van der Waals surface area contributed by atoms with Crippen LogP contribution in [0.3, 0.4) is 0 Å². The van der Waals surface area contributed by atoms with Gasteiger partial charge in [-0.25, -0.2) is 0 Å². The van der Waals surface area contributed by atoms with E-state index in [4.69, 9.17) is 9.47 Å². The van der Waals surface area contributed by atoms with E-state index < -0.39 is 0 Å². The molecule has 0 aliphatic heterocycles. The van der Waals surface area contributed by atoms with Gasteiger partial charge in [0, 0.05) is 19.4 Å². The van der Waals surface area contributed by atoms with Crippen molar-refractivity contribution in [2.24, 2.45) is 5.92 Å². The van der Waals surface area contributed by atoms with Crippen LogP contribution in [0.1, 0.15) is 34.1 Å². The molecule has 0 spiro atoms. The standard InChI is InChI=1S/C14H29NO3/c1-10(2)14(16)8-11(3)18-9-13(15(5)6)12(4)17-7/h10-13H,8-9H2,1-7H3. The van der Waals surface area contributed by atoms with Crippen LogP contribution in [0.25, 0.3) is 0 Å². The fourth-order valence-corrected chi connectivity index (χ4v) is 1.70. The minimum atomic E-state index is -0.0357. The Morgan fingerprint density at radius 3 is 2.11 bits per heavy atom. The van der Waals surface area contributed by atoms with E-state index in [1.807, 2.05) is 41.8 Å². The van der Waals surface area contributed by atoms with Gasteiger partial charge in [0.2, 0.25) is 0 Å². The van der Waals surface area contributed by atoms with Crippen molar-refractivity contribution in [3.63, 3.8) is 0 Å². The van der Waals surface area contributed by atoms with Crippen molar-refractivity contribution in [1.82, 2.24) is 4.90 Å². The van der Waals surface area contributed by atoms with Crippen LogP contribution in [-0.4, -0.2) is 56.7 Å². The van der Waals surface area contributed by atoms with E-state index in [-0.39, 0.29) is 30.0 Å². The lowest BCUT2D eigenvalue weighted by Crippen LogP contribution is -2.43. The van der Waals surface area contributed by atoms with Gasteiger partial charge in [0.15, 0.2) is 0 Å². The van der Waals surface area contributed by atoms with Gasteiger partial charge in [0.25, 0.3) is 0 Å². The lowest BCUT2D eigenvalue weighted by molar-refractivity contribution is -0.125. The van der Waals surface area contributed by atoms with Gasteiger partial charge >= 0.3 is 0 Å². The number of ketones is 1. The molecule has 0 radical (unpaired) electrons. The van der Waals surface area contributed by atoms with Gasteiger partial charge in [0.05, 0.1) is 24.9 Å². The Balaban J connectivity index is 4.15. The average molecular weight is 259 g/mol. The van der Waals surface area contributed by atoms with Crippen molar-refractivity contribution in [1.29, 1.82) is 0 Å². The third-order valence-corrected chi connectivity index (χ3v) is 3.26. The molecule has 0 aromatic heterocycles. The second kappa shape index (κ2) is 8.62. The van der Waals surface area contributed by atoms with Gasteiger partial charge in [-0.3, -0.25) is 4.79 Å². The van der Waals surface area contributed by atoms with Crippen molar-refractivity contribution in [2.45, 2.75) is 52.4 Å². The molecule has 0 aromatic carbocycles. The zero-order valence-corrected chi connectivity index (χ0v) is 12.9. The number of hydrogen-bond donors (Lipinski definition) is 0. The Hall–Kier alpha value is -0.450. The van der Waals surface area contributed by atoms with Crippen molar-refractivity contribution in [2.75, 3.05) is 27.8 Å². The highest BCUT2D eigenvalue weighted by Gasteiger charge is 2.21. The van der Waals surface area contributed by atoms with Crippen LogP contribution in [0.4, 0.5) is 0 Å². The number of carbonyl (C=O) groups is 1. The van der Waals surface area contributed by atoms with Gasteiger partial charge in [-0.05, 0) is 27.9 Å². The predicted molar refractivity (Wildman–Crippen MR) is 73.8 cm³/mol. The van der Waals surface area contributed by atoms with Crippen LogP contribution in [0.15, 0.2) is 0 Å². The molecule has 108 valence electrons. The lowest BCUT2D eigenvalue weighted by Gasteiger charge is -2.30. The summed E-state index contributed by atoms with van der Waals surface area (Å²) >= 11 is 0. The van der Waals surface area contributed by atoms with Crippen LogP contribution < -0.4 is 0 Å². The molecule has 0 N–H and O–H groups in total. The fraction of sp³-hybridized carbons (Fsp3) is 0.929. The number of likely N-dealkylation sites (N-methyl/N-ethyl adjacent to an activating group) is 1. The highest BCUT2D eigenvalue weighted by atomic mass is 16.5. The van der Waals surface area contributed by atoms with Crippen LogP contribution in [0.5, 0.6) is 0 Å². The first-order chi connectivity index (χ1) is 8.29. The van der Waals surface area contributed by atoms with Gasteiger partial charge in [-0.15, -0.1) is 0 Å². The van der Waals surface area contributed by atoms with E-state index in [1.54, 1.807) is 7.11 Å². The molecule has 0 aliphatic carbocycles. The molecule has 0 aromatic rings. The maximum Gasteiger partial charge on any atom is 0.137 e. The van der Waals surface area contributed by atoms with Crippen molar-refractivity contribution < 1.29 is 14.3 Å². The van der Waals surface area contributed by atoms with Gasteiger partial charge in [0.1, 0.15) is 5.78 Å².